The molecule has 0 rings (SSSR count). The van der Waals surface area contributed by atoms with Crippen molar-refractivity contribution >= 4 is 0 Å². The van der Waals surface area contributed by atoms with Crippen LogP contribution in [0.25, 0.3) is 0 Å². The highest BCUT2D eigenvalue weighted by atomic mass is 16.3. The van der Waals surface area contributed by atoms with Gasteiger partial charge in [0, 0.05) is 6.42 Å². The predicted octanol–water partition coefficient (Wildman–Crippen LogP) is -0.883. The normalized spacial score (nSPS) is 13.3. The number of hydrogen-bond acceptors (Lipinski definition) is 3. The molecule has 0 unspecified atom stereocenters. The topological polar surface area (TPSA) is 60.7 Å². The molecule has 3 nitrogen and oxygen atoms in total. The fourth-order valence-electron chi connectivity index (χ4n) is 0.393. The van der Waals surface area contributed by atoms with Gasteiger partial charge in [0.1, 0.15) is 6.10 Å². The Morgan fingerprint density at radius 1 is 1.25 bits per heavy atom. The highest BCUT2D eigenvalue weighted by molar-refractivity contribution is 5.27. The van der Waals surface area contributed by atoms with Crippen molar-refractivity contribution in [2.75, 3.05) is 6.61 Å². The van der Waals surface area contributed by atoms with Crippen molar-refractivity contribution in [3.63, 3.8) is 0 Å². The molecule has 0 aromatic carbocycles. The Hall–Kier alpha value is -1.00. The van der Waals surface area contributed by atoms with Gasteiger partial charge in [0.2, 0.25) is 0 Å². The van der Waals surface area contributed by atoms with E-state index in [1.54, 1.807) is 0 Å². The Labute approximate surface area is 72.0 Å². The second kappa shape index (κ2) is 6.69. The Kier molecular flexibility index (Phi) is 6.14. The van der Waals surface area contributed by atoms with Crippen molar-refractivity contribution in [3.8, 4) is 23.7 Å². The van der Waals surface area contributed by atoms with Gasteiger partial charge in [-0.25, -0.2) is 0 Å². The monoisotopic (exact) mass is 168 g/mol. The van der Waals surface area contributed by atoms with Gasteiger partial charge in [0.05, 0.1) is 12.7 Å². The van der Waals surface area contributed by atoms with Gasteiger partial charge in [-0.2, -0.15) is 0 Å². The lowest BCUT2D eigenvalue weighted by molar-refractivity contribution is 0.0678. The summed E-state index contributed by atoms with van der Waals surface area (Å²) in [5.41, 5.74) is 0. The molecule has 0 aliphatic rings. The molecule has 0 aromatic heterocycles. The molecule has 3 heteroatoms. The van der Waals surface area contributed by atoms with Crippen LogP contribution in [0.4, 0.5) is 0 Å². The van der Waals surface area contributed by atoms with Crippen molar-refractivity contribution in [2.24, 2.45) is 0 Å². The summed E-state index contributed by atoms with van der Waals surface area (Å²) < 4.78 is 0. The summed E-state index contributed by atoms with van der Waals surface area (Å²) in [4.78, 5) is 0. The van der Waals surface area contributed by atoms with E-state index in [9.17, 15) is 0 Å². The smallest absolute Gasteiger partial charge is 0.141 e. The van der Waals surface area contributed by atoms with E-state index in [0.717, 1.165) is 0 Å². The summed E-state index contributed by atoms with van der Waals surface area (Å²) in [6, 6.07) is 0. The van der Waals surface area contributed by atoms with Crippen LogP contribution in [0.15, 0.2) is 0 Å². The van der Waals surface area contributed by atoms with Gasteiger partial charge >= 0.3 is 0 Å². The Morgan fingerprint density at radius 3 is 2.42 bits per heavy atom. The number of aliphatic hydroxyl groups excluding tert-OH is 3. The lowest BCUT2D eigenvalue weighted by Crippen LogP contribution is -2.19. The van der Waals surface area contributed by atoms with E-state index in [-0.39, 0.29) is 6.61 Å². The van der Waals surface area contributed by atoms with Crippen LogP contribution >= 0.6 is 0 Å². The van der Waals surface area contributed by atoms with Crippen molar-refractivity contribution in [1.82, 2.24) is 0 Å². The maximum atomic E-state index is 8.94. The molecule has 3 N–H and O–H groups in total. The van der Waals surface area contributed by atoms with E-state index in [4.69, 9.17) is 15.3 Å². The third-order valence-corrected chi connectivity index (χ3v) is 1.06. The minimum atomic E-state index is -1.05. The summed E-state index contributed by atoms with van der Waals surface area (Å²) in [5.74, 6) is 9.70. The summed E-state index contributed by atoms with van der Waals surface area (Å²) in [5, 5.41) is 26.0. The van der Waals surface area contributed by atoms with Crippen LogP contribution in [0.5, 0.6) is 0 Å². The van der Waals surface area contributed by atoms with Gasteiger partial charge in [-0.05, 0) is 18.8 Å². The molecule has 0 bridgehead atoms. The van der Waals surface area contributed by atoms with Gasteiger partial charge in [0.15, 0.2) is 0 Å². The van der Waals surface area contributed by atoms with Crippen molar-refractivity contribution in [2.45, 2.75) is 25.6 Å². The average Bonchev–Trinajstić information content (AvgIpc) is 2.03. The first-order chi connectivity index (χ1) is 5.68. The molecule has 0 aromatic rings. The third-order valence-electron chi connectivity index (χ3n) is 1.06. The van der Waals surface area contributed by atoms with E-state index >= 15 is 0 Å². The minimum Gasteiger partial charge on any atom is -0.395 e. The maximum Gasteiger partial charge on any atom is 0.141 e. The van der Waals surface area contributed by atoms with E-state index < -0.39 is 12.2 Å². The standard InChI is InChI=1S/C9H12O3/c1-8(11)9(12)6-4-2-3-5-7-10/h8-12H,5,7H2,1H3/t8-,9-/m0/s1. The van der Waals surface area contributed by atoms with Gasteiger partial charge < -0.3 is 15.3 Å². The minimum absolute atomic E-state index is 0.00758. The molecular formula is C9H12O3. The molecule has 0 saturated heterocycles. The largest absolute Gasteiger partial charge is 0.395 e. The fourth-order valence-corrected chi connectivity index (χ4v) is 0.393. The molecule has 12 heavy (non-hydrogen) atoms. The first kappa shape index (κ1) is 11.0. The highest BCUT2D eigenvalue weighted by Gasteiger charge is 2.04. The zero-order valence-electron chi connectivity index (χ0n) is 6.91. The molecule has 0 spiro atoms. The van der Waals surface area contributed by atoms with E-state index in [1.165, 1.54) is 6.92 Å². The number of rotatable bonds is 2. The Balaban J connectivity index is 3.82. The highest BCUT2D eigenvalue weighted by Crippen LogP contribution is 1.87. The summed E-state index contributed by atoms with van der Waals surface area (Å²) in [6.45, 7) is 1.45. The lowest BCUT2D eigenvalue weighted by Gasteiger charge is -2.03. The van der Waals surface area contributed by atoms with Crippen molar-refractivity contribution in [1.29, 1.82) is 0 Å². The zero-order valence-corrected chi connectivity index (χ0v) is 6.91. The molecule has 2 atom stereocenters. The van der Waals surface area contributed by atoms with Crippen LogP contribution < -0.4 is 0 Å². The molecule has 0 radical (unpaired) electrons. The van der Waals surface area contributed by atoms with Gasteiger partial charge in [0.25, 0.3) is 0 Å². The maximum absolute atomic E-state index is 8.94. The first-order valence-electron chi connectivity index (χ1n) is 3.64. The first-order valence-corrected chi connectivity index (χ1v) is 3.64. The molecule has 0 aliphatic heterocycles. The lowest BCUT2D eigenvalue weighted by atomic mass is 10.2. The quantitative estimate of drug-likeness (QED) is 0.469. The van der Waals surface area contributed by atoms with Crippen LogP contribution in [0.3, 0.4) is 0 Å². The predicted molar refractivity (Wildman–Crippen MR) is 44.9 cm³/mol. The second-order valence-electron chi connectivity index (χ2n) is 2.23. The summed E-state index contributed by atoms with van der Waals surface area (Å²) in [7, 11) is 0. The van der Waals surface area contributed by atoms with Crippen LogP contribution in [0.2, 0.25) is 0 Å². The molecule has 0 heterocycles. The Morgan fingerprint density at radius 2 is 1.92 bits per heavy atom. The average molecular weight is 168 g/mol. The summed E-state index contributed by atoms with van der Waals surface area (Å²) >= 11 is 0. The van der Waals surface area contributed by atoms with E-state index in [2.05, 4.69) is 23.7 Å². The Bertz CT molecular complexity index is 224. The molecule has 0 amide bonds. The second-order valence-corrected chi connectivity index (χ2v) is 2.23. The third kappa shape index (κ3) is 5.76. The number of hydrogen-bond donors (Lipinski definition) is 3. The van der Waals surface area contributed by atoms with E-state index in [0.29, 0.717) is 6.42 Å². The molecular weight excluding hydrogens is 156 g/mol. The van der Waals surface area contributed by atoms with Crippen molar-refractivity contribution < 1.29 is 15.3 Å². The summed E-state index contributed by atoms with van der Waals surface area (Å²) in [6.07, 6.45) is -1.54. The van der Waals surface area contributed by atoms with Crippen molar-refractivity contribution in [3.05, 3.63) is 0 Å². The fraction of sp³-hybridized carbons (Fsp3) is 0.556. The molecule has 0 saturated carbocycles. The van der Waals surface area contributed by atoms with Gasteiger partial charge in [-0.3, -0.25) is 0 Å². The van der Waals surface area contributed by atoms with Gasteiger partial charge in [-0.1, -0.05) is 11.8 Å². The van der Waals surface area contributed by atoms with Crippen LogP contribution in [0, 0.1) is 23.7 Å². The molecule has 0 aliphatic carbocycles. The van der Waals surface area contributed by atoms with Crippen LogP contribution in [-0.2, 0) is 0 Å². The SMILES string of the molecule is C[C@H](O)[C@@H](O)C#CC#CCCO. The van der Waals surface area contributed by atoms with E-state index in [1.807, 2.05) is 0 Å². The number of aliphatic hydroxyl groups is 3. The van der Waals surface area contributed by atoms with Crippen LogP contribution in [0.1, 0.15) is 13.3 Å². The zero-order chi connectivity index (χ0) is 9.40. The molecule has 66 valence electrons. The van der Waals surface area contributed by atoms with Crippen LogP contribution in [-0.4, -0.2) is 34.1 Å². The molecule has 0 fully saturated rings. The van der Waals surface area contributed by atoms with Gasteiger partial charge in [-0.15, -0.1) is 0 Å².